The van der Waals surface area contributed by atoms with Crippen molar-refractivity contribution in [3.05, 3.63) is 0 Å². The fraction of sp³-hybridized carbons (Fsp3) is 0.556. The molecule has 0 aliphatic carbocycles. The molecule has 0 bridgehead atoms. The second kappa shape index (κ2) is 36.0. The van der Waals surface area contributed by atoms with Gasteiger partial charge in [0.15, 0.2) is 0 Å². The van der Waals surface area contributed by atoms with E-state index in [9.17, 15) is 8.42 Å². The molecule has 162 valence electrons. The number of hydrogen-bond acceptors (Lipinski definition) is 6. The largest absolute Gasteiger partial charge is 3.00 e. The molecule has 0 aromatic rings. The van der Waals surface area contributed by atoms with Gasteiger partial charge in [-0.05, 0) is 6.92 Å². The maximum atomic E-state index is 9.56. The fourth-order valence-electron chi connectivity index (χ4n) is 0.342. The van der Waals surface area contributed by atoms with Gasteiger partial charge in [-0.25, -0.2) is 0 Å². The van der Waals surface area contributed by atoms with Gasteiger partial charge in [-0.3, -0.25) is 8.42 Å². The summed E-state index contributed by atoms with van der Waals surface area (Å²) in [4.78, 5) is 0. The van der Waals surface area contributed by atoms with E-state index in [1.165, 1.54) is 6.21 Å². The molecule has 10 nitrogen and oxygen atoms in total. The third kappa shape index (κ3) is 105. The van der Waals surface area contributed by atoms with Crippen molar-refractivity contribution in [2.45, 2.75) is 6.92 Å². The van der Waals surface area contributed by atoms with Crippen LogP contribution in [0.2, 0.25) is 0 Å². The number of guanidine groups is 2. The minimum atomic E-state index is -0.611. The van der Waals surface area contributed by atoms with E-state index in [1.807, 2.05) is 0 Å². The van der Waals surface area contributed by atoms with E-state index < -0.39 is 21.6 Å². The zero-order valence-corrected chi connectivity index (χ0v) is 20.9. The Hall–Kier alpha value is -0.0366. The third-order valence-corrected chi connectivity index (χ3v) is 0.741. The van der Waals surface area contributed by atoms with E-state index in [4.69, 9.17) is 22.9 Å². The Kier molecular flexibility index (Phi) is 69.4. The number of halogens is 4. The van der Waals surface area contributed by atoms with Crippen molar-refractivity contribution < 1.29 is 77.5 Å². The number of nitrogens with zero attached hydrogens (tertiary/aromatic N) is 4. The first-order valence-corrected chi connectivity index (χ1v) is 9.17. The number of nitrogens with two attached hydrogens (primary N) is 4. The van der Waals surface area contributed by atoms with Crippen molar-refractivity contribution in [1.82, 2.24) is 0 Å². The third-order valence-electron chi connectivity index (χ3n) is 0.741. The summed E-state index contributed by atoms with van der Waals surface area (Å²) in [7, 11) is -1.22. The molecule has 0 aliphatic rings. The number of hydrogen-bond donors (Lipinski definition) is 4. The van der Waals surface area contributed by atoms with Crippen LogP contribution in [0.5, 0.6) is 0 Å². The molecular weight excluding hydrogens is 561 g/mol. The molecule has 0 aliphatic heterocycles. The molecule has 0 heterocycles. The van der Waals surface area contributed by atoms with Gasteiger partial charge in [-0.2, -0.15) is 10.2 Å². The van der Waals surface area contributed by atoms with Crippen molar-refractivity contribution in [3.8, 4) is 0 Å². The Morgan fingerprint density at radius 3 is 1.23 bits per heavy atom. The standard InChI is InChI=1S/C5H12N8.2C2H6OS.4ClH.Rh/c1-3(11-13-5(8)9)2-10-12-4(6)7;2*1-4(2)3;;;;;/h2H,1H3,(H4,6,7,12)(H4,8,9,13);2*1-2H3;4*1H;/q;;;;;;;+3/p-4/b10-2+,11-3+;;;;;;;. The molecule has 0 rings (SSSR count). The van der Waals surface area contributed by atoms with E-state index in [1.54, 1.807) is 31.9 Å². The van der Waals surface area contributed by atoms with Gasteiger partial charge in [-0.1, -0.05) is 0 Å². The maximum absolute atomic E-state index is 9.56. The first kappa shape index (κ1) is 50.1. The minimum absolute atomic E-state index is 0. The fourth-order valence-corrected chi connectivity index (χ4v) is 0.342. The van der Waals surface area contributed by atoms with Gasteiger partial charge in [0.05, 0.1) is 11.9 Å². The quantitative estimate of drug-likeness (QED) is 0.110. The summed E-state index contributed by atoms with van der Waals surface area (Å²) in [6.07, 6.45) is 7.87. The predicted molar refractivity (Wildman–Crippen MR) is 93.2 cm³/mol. The molecule has 0 atom stereocenters. The Morgan fingerprint density at radius 1 is 0.731 bits per heavy atom. The summed E-state index contributed by atoms with van der Waals surface area (Å²) < 4.78 is 19.1. The van der Waals surface area contributed by atoms with E-state index in [0.29, 0.717) is 5.71 Å². The summed E-state index contributed by atoms with van der Waals surface area (Å²) >= 11 is 0. The molecule has 0 aromatic heterocycles. The summed E-state index contributed by atoms with van der Waals surface area (Å²) in [5.74, 6) is -0.263. The molecule has 26 heavy (non-hydrogen) atoms. The van der Waals surface area contributed by atoms with Crippen LogP contribution in [0.3, 0.4) is 0 Å². The Balaban J connectivity index is -0.0000000359. The zero-order chi connectivity index (χ0) is 17.4. The van der Waals surface area contributed by atoms with Crippen LogP contribution in [0.15, 0.2) is 20.4 Å². The first-order chi connectivity index (χ1) is 9.48. The summed E-state index contributed by atoms with van der Waals surface area (Å²) in [5, 5.41) is 13.8. The van der Waals surface area contributed by atoms with Crippen LogP contribution in [0.25, 0.3) is 0 Å². The zero-order valence-electron chi connectivity index (χ0n) is 14.7. The van der Waals surface area contributed by atoms with Gasteiger partial charge in [0.2, 0.25) is 11.9 Å². The van der Waals surface area contributed by atoms with Gasteiger partial charge < -0.3 is 72.6 Å². The van der Waals surface area contributed by atoms with Crippen LogP contribution in [-0.2, 0) is 41.1 Å². The van der Waals surface area contributed by atoms with E-state index >= 15 is 0 Å². The molecule has 17 heteroatoms. The SMILES string of the molecule is CC(/C=N/N=C(N)N)=N\N=C(N)N.CS(C)=O.CS(C)=O.[Cl-].[Cl-].[Cl-].[Cl-].[Rh+3]. The molecule has 0 radical (unpaired) electrons. The molecule has 0 spiro atoms. The van der Waals surface area contributed by atoms with Gasteiger partial charge in [0, 0.05) is 46.6 Å². The normalized spacial score (nSPS) is 8.35. The van der Waals surface area contributed by atoms with Crippen molar-refractivity contribution in [2.75, 3.05) is 25.0 Å². The van der Waals surface area contributed by atoms with Gasteiger partial charge in [0.1, 0.15) is 0 Å². The molecule has 0 fully saturated rings. The Bertz CT molecular complexity index is 439. The topological polar surface area (TPSA) is 188 Å². The molecule has 8 N–H and O–H groups in total. The molecule has 0 unspecified atom stereocenters. The smallest absolute Gasteiger partial charge is 1.00 e. The van der Waals surface area contributed by atoms with Crippen molar-refractivity contribution in [3.63, 3.8) is 0 Å². The van der Waals surface area contributed by atoms with Crippen LogP contribution < -0.4 is 72.6 Å². The average Bonchev–Trinajstić information content (AvgIpc) is 2.24. The monoisotopic (exact) mass is 583 g/mol. The van der Waals surface area contributed by atoms with E-state index in [0.717, 1.165) is 0 Å². The maximum Gasteiger partial charge on any atom is 3.00 e. The summed E-state index contributed by atoms with van der Waals surface area (Å²) in [5.41, 5.74) is 20.5. The van der Waals surface area contributed by atoms with Crippen LogP contribution in [0.4, 0.5) is 0 Å². The van der Waals surface area contributed by atoms with E-state index in [2.05, 4.69) is 20.4 Å². The predicted octanol–water partition coefficient (Wildman–Crippen LogP) is -14.1. The molecule has 0 saturated carbocycles. The van der Waals surface area contributed by atoms with E-state index in [-0.39, 0.29) is 81.0 Å². The Labute approximate surface area is 197 Å². The van der Waals surface area contributed by atoms with Crippen LogP contribution in [0, 0.1) is 0 Å². The Morgan fingerprint density at radius 2 is 1.00 bits per heavy atom. The van der Waals surface area contributed by atoms with Crippen LogP contribution >= 0.6 is 0 Å². The van der Waals surface area contributed by atoms with Crippen molar-refractivity contribution in [1.29, 1.82) is 0 Å². The molecule has 0 aromatic carbocycles. The first-order valence-electron chi connectivity index (χ1n) is 5.24. The average molecular weight is 585 g/mol. The minimum Gasteiger partial charge on any atom is -1.00 e. The molecular formula is C9H24Cl4N8O2RhS2-. The van der Waals surface area contributed by atoms with Crippen LogP contribution in [0.1, 0.15) is 6.92 Å². The second-order valence-corrected chi connectivity index (χ2v) is 6.49. The molecule has 0 amide bonds. The van der Waals surface area contributed by atoms with Gasteiger partial charge in [-0.15, -0.1) is 10.2 Å². The van der Waals surface area contributed by atoms with Crippen LogP contribution in [-0.4, -0.2) is 57.3 Å². The molecule has 0 saturated heterocycles. The van der Waals surface area contributed by atoms with Crippen molar-refractivity contribution in [2.24, 2.45) is 43.3 Å². The van der Waals surface area contributed by atoms with Crippen molar-refractivity contribution >= 4 is 45.4 Å². The van der Waals surface area contributed by atoms with Gasteiger partial charge >= 0.3 is 19.5 Å². The summed E-state index contributed by atoms with van der Waals surface area (Å²) in [6.45, 7) is 1.64. The number of rotatable bonds is 3. The van der Waals surface area contributed by atoms with Gasteiger partial charge in [0.25, 0.3) is 0 Å². The second-order valence-electron chi connectivity index (χ2n) is 3.52. The summed E-state index contributed by atoms with van der Waals surface area (Å²) in [6, 6.07) is 0.